The topological polar surface area (TPSA) is 33.5 Å². The van der Waals surface area contributed by atoms with E-state index in [-0.39, 0.29) is 10.8 Å². The number of hydrogen-bond donors (Lipinski definition) is 0. The summed E-state index contributed by atoms with van der Waals surface area (Å²) in [6.45, 7) is 9.27. The van der Waals surface area contributed by atoms with Gasteiger partial charge in [-0.2, -0.15) is 0 Å². The highest BCUT2D eigenvalue weighted by atomic mass is 16.3. The highest BCUT2D eigenvalue weighted by Gasteiger charge is 2.37. The molecule has 6 aromatic rings. The molecule has 42 heavy (non-hydrogen) atoms. The van der Waals surface area contributed by atoms with Gasteiger partial charge in [-0.05, 0) is 87.0 Å². The van der Waals surface area contributed by atoms with Crippen LogP contribution in [0.2, 0.25) is 0 Å². The Balaban J connectivity index is 1.34. The van der Waals surface area contributed by atoms with Crippen LogP contribution in [-0.4, -0.2) is 6.29 Å². The normalized spacial score (nSPS) is 15.1. The van der Waals surface area contributed by atoms with Gasteiger partial charge in [0.15, 0.2) is 12.0 Å². The average Bonchev–Trinajstić information content (AvgIpc) is 3.60. The van der Waals surface area contributed by atoms with Crippen LogP contribution < -0.4 is 4.90 Å². The summed E-state index contributed by atoms with van der Waals surface area (Å²) in [6, 6.07) is 39.2. The summed E-state index contributed by atoms with van der Waals surface area (Å²) in [5.74, 6) is 0.336. The van der Waals surface area contributed by atoms with Crippen LogP contribution in [-0.2, 0) is 10.8 Å². The van der Waals surface area contributed by atoms with Crippen molar-refractivity contribution in [3.63, 3.8) is 0 Å². The lowest BCUT2D eigenvalue weighted by Crippen LogP contribution is -2.18. The van der Waals surface area contributed by atoms with E-state index in [0.717, 1.165) is 28.7 Å². The van der Waals surface area contributed by atoms with E-state index in [9.17, 15) is 4.79 Å². The number of nitrogens with zero attached hydrogens (tertiary/aromatic N) is 1. The SMILES string of the molecule is CC1(C)c2ccccc2-c2ccc(N(c3ccc4c(c3)C(C)(C)c3ccccc3-4)c3ccc4cc(C=O)oc4c3)cc21. The monoisotopic (exact) mass is 545 g/mol. The zero-order valence-corrected chi connectivity index (χ0v) is 24.2. The lowest BCUT2D eigenvalue weighted by Gasteiger charge is -2.29. The Morgan fingerprint density at radius 1 is 0.548 bits per heavy atom. The third-order valence-corrected chi connectivity index (χ3v) is 9.55. The van der Waals surface area contributed by atoms with Crippen molar-refractivity contribution >= 4 is 34.3 Å². The van der Waals surface area contributed by atoms with Crippen LogP contribution in [0, 0.1) is 0 Å². The van der Waals surface area contributed by atoms with Crippen LogP contribution in [0.1, 0.15) is 60.5 Å². The van der Waals surface area contributed by atoms with Crippen LogP contribution in [0.25, 0.3) is 33.2 Å². The van der Waals surface area contributed by atoms with Crippen molar-refractivity contribution in [1.29, 1.82) is 0 Å². The number of anilines is 3. The summed E-state index contributed by atoms with van der Waals surface area (Å²) in [5, 5.41) is 0.914. The van der Waals surface area contributed by atoms with Gasteiger partial charge in [-0.25, -0.2) is 0 Å². The molecule has 0 saturated carbocycles. The Bertz CT molecular complexity index is 1970. The molecule has 1 aromatic heterocycles. The number of hydrogen-bond acceptors (Lipinski definition) is 3. The smallest absolute Gasteiger partial charge is 0.185 e. The average molecular weight is 546 g/mol. The van der Waals surface area contributed by atoms with Crippen molar-refractivity contribution in [2.45, 2.75) is 38.5 Å². The highest BCUT2D eigenvalue weighted by Crippen LogP contribution is 2.53. The molecule has 0 bridgehead atoms. The molecule has 0 radical (unpaired) electrons. The Hall–Kier alpha value is -4.89. The molecule has 3 nitrogen and oxygen atoms in total. The first-order valence-electron chi connectivity index (χ1n) is 14.5. The van der Waals surface area contributed by atoms with Gasteiger partial charge in [-0.3, -0.25) is 4.79 Å². The maximum Gasteiger partial charge on any atom is 0.185 e. The van der Waals surface area contributed by atoms with Gasteiger partial charge in [-0.1, -0.05) is 88.4 Å². The second-order valence-corrected chi connectivity index (χ2v) is 12.6. The van der Waals surface area contributed by atoms with Gasteiger partial charge < -0.3 is 9.32 Å². The van der Waals surface area contributed by atoms with E-state index in [0.29, 0.717) is 11.3 Å². The van der Waals surface area contributed by atoms with E-state index >= 15 is 0 Å². The lowest BCUT2D eigenvalue weighted by atomic mass is 9.82. The second-order valence-electron chi connectivity index (χ2n) is 12.6. The number of benzene rings is 5. The molecule has 0 amide bonds. The van der Waals surface area contributed by atoms with Gasteiger partial charge in [0.1, 0.15) is 5.58 Å². The van der Waals surface area contributed by atoms with E-state index in [4.69, 9.17) is 4.42 Å². The summed E-state index contributed by atoms with van der Waals surface area (Å²) >= 11 is 0. The Kier molecular flexibility index (Phi) is 5.07. The van der Waals surface area contributed by atoms with Gasteiger partial charge in [0.05, 0.1) is 0 Å². The highest BCUT2D eigenvalue weighted by molar-refractivity contribution is 5.92. The third-order valence-electron chi connectivity index (χ3n) is 9.55. The second kappa shape index (κ2) is 8.56. The summed E-state index contributed by atoms with van der Waals surface area (Å²) in [6.07, 6.45) is 0.762. The fourth-order valence-electron chi connectivity index (χ4n) is 7.35. The van der Waals surface area contributed by atoms with Crippen molar-refractivity contribution < 1.29 is 9.21 Å². The molecule has 0 unspecified atom stereocenters. The van der Waals surface area contributed by atoms with E-state index in [1.807, 2.05) is 12.1 Å². The zero-order valence-electron chi connectivity index (χ0n) is 24.2. The Morgan fingerprint density at radius 3 is 1.57 bits per heavy atom. The van der Waals surface area contributed by atoms with Crippen molar-refractivity contribution in [2.75, 3.05) is 4.90 Å². The first-order valence-corrected chi connectivity index (χ1v) is 14.5. The number of fused-ring (bicyclic) bond motifs is 7. The van der Waals surface area contributed by atoms with Crippen molar-refractivity contribution in [3.05, 3.63) is 137 Å². The number of carbonyl (C=O) groups excluding carboxylic acids is 1. The standard InChI is InChI=1S/C39H31NO2/c1-38(2)33-11-7-5-9-29(33)31-17-15-25(20-35(31)38)40(27-14-13-24-19-28(23-41)42-37(24)22-27)26-16-18-32-30-10-6-8-12-34(30)39(3,4)36(32)21-26/h5-23H,1-4H3. The molecule has 0 fully saturated rings. The number of aldehydes is 1. The van der Waals surface area contributed by atoms with Gasteiger partial charge in [0.25, 0.3) is 0 Å². The molecule has 0 atom stereocenters. The van der Waals surface area contributed by atoms with Crippen molar-refractivity contribution in [3.8, 4) is 22.3 Å². The first kappa shape index (κ1) is 24.9. The van der Waals surface area contributed by atoms with E-state index in [1.54, 1.807) is 6.07 Å². The van der Waals surface area contributed by atoms with E-state index in [1.165, 1.54) is 44.5 Å². The molecule has 1 heterocycles. The fraction of sp³-hybridized carbons (Fsp3) is 0.154. The number of rotatable bonds is 4. The van der Waals surface area contributed by atoms with Gasteiger partial charge >= 0.3 is 0 Å². The minimum absolute atomic E-state index is 0.112. The van der Waals surface area contributed by atoms with Crippen LogP contribution >= 0.6 is 0 Å². The molecule has 2 aliphatic rings. The fourth-order valence-corrected chi connectivity index (χ4v) is 7.35. The molecular weight excluding hydrogens is 514 g/mol. The predicted octanol–water partition coefficient (Wildman–Crippen LogP) is 10.3. The molecule has 3 heteroatoms. The molecule has 0 N–H and O–H groups in total. The van der Waals surface area contributed by atoms with Crippen LogP contribution in [0.15, 0.2) is 114 Å². The molecule has 0 saturated heterocycles. The van der Waals surface area contributed by atoms with Crippen LogP contribution in [0.5, 0.6) is 0 Å². The molecule has 204 valence electrons. The predicted molar refractivity (Wildman–Crippen MR) is 171 cm³/mol. The summed E-state index contributed by atoms with van der Waals surface area (Å²) < 4.78 is 5.88. The molecule has 5 aromatic carbocycles. The minimum Gasteiger partial charge on any atom is -0.453 e. The van der Waals surface area contributed by atoms with E-state index < -0.39 is 0 Å². The quantitative estimate of drug-likeness (QED) is 0.207. The number of carbonyl (C=O) groups is 1. The minimum atomic E-state index is -0.112. The van der Waals surface area contributed by atoms with Crippen LogP contribution in [0.4, 0.5) is 17.1 Å². The largest absolute Gasteiger partial charge is 0.453 e. The number of furan rings is 1. The summed E-state index contributed by atoms with van der Waals surface area (Å²) in [5.41, 5.74) is 14.2. The Labute approximate surface area is 246 Å². The molecule has 0 spiro atoms. The zero-order chi connectivity index (χ0) is 28.8. The van der Waals surface area contributed by atoms with Crippen molar-refractivity contribution in [1.82, 2.24) is 0 Å². The van der Waals surface area contributed by atoms with Gasteiger partial charge in [-0.15, -0.1) is 0 Å². The first-order chi connectivity index (χ1) is 20.3. The van der Waals surface area contributed by atoms with Crippen molar-refractivity contribution in [2.24, 2.45) is 0 Å². The summed E-state index contributed by atoms with van der Waals surface area (Å²) in [7, 11) is 0. The van der Waals surface area contributed by atoms with Gasteiger partial charge in [0, 0.05) is 39.3 Å². The van der Waals surface area contributed by atoms with E-state index in [2.05, 4.69) is 124 Å². The van der Waals surface area contributed by atoms with Crippen LogP contribution in [0.3, 0.4) is 0 Å². The third kappa shape index (κ3) is 3.37. The Morgan fingerprint density at radius 2 is 1.02 bits per heavy atom. The molecular formula is C39H31NO2. The maximum atomic E-state index is 11.5. The maximum absolute atomic E-state index is 11.5. The van der Waals surface area contributed by atoms with Gasteiger partial charge in [0.2, 0.25) is 0 Å². The molecule has 2 aliphatic carbocycles. The lowest BCUT2D eigenvalue weighted by molar-refractivity contribution is 0.110. The molecule has 0 aliphatic heterocycles. The summed E-state index contributed by atoms with van der Waals surface area (Å²) in [4.78, 5) is 13.8. The molecule has 8 rings (SSSR count).